The number of carbonyl (C=O) groups is 1. The van der Waals surface area contributed by atoms with Gasteiger partial charge in [0.05, 0.1) is 12.1 Å². The lowest BCUT2D eigenvalue weighted by atomic mass is 9.80. The Bertz CT molecular complexity index is 585. The van der Waals surface area contributed by atoms with Gasteiger partial charge in [-0.15, -0.1) is 0 Å². The van der Waals surface area contributed by atoms with Crippen molar-refractivity contribution in [3.63, 3.8) is 0 Å². The molecule has 0 aromatic carbocycles. The molecule has 3 rings (SSSR count). The van der Waals surface area contributed by atoms with Crippen molar-refractivity contribution in [1.82, 2.24) is 15.1 Å². The van der Waals surface area contributed by atoms with Crippen molar-refractivity contribution in [2.24, 2.45) is 10.9 Å². The topological polar surface area (TPSA) is 77.4 Å². The number of hydrogen-bond acceptors (Lipinski definition) is 4. The molecule has 3 fully saturated rings. The summed E-state index contributed by atoms with van der Waals surface area (Å²) < 4.78 is 5.70. The zero-order chi connectivity index (χ0) is 21.1. The van der Waals surface area contributed by atoms with E-state index in [0.717, 1.165) is 64.2 Å². The third kappa shape index (κ3) is 6.49. The molecule has 0 unspecified atom stereocenters. The molecule has 2 saturated carbocycles. The lowest BCUT2D eigenvalue weighted by Gasteiger charge is -2.40. The van der Waals surface area contributed by atoms with Crippen LogP contribution < -0.4 is 5.32 Å². The number of nitrogens with zero attached hydrogens (tertiary/aromatic N) is 3. The highest BCUT2D eigenvalue weighted by atomic mass is 16.6. The number of likely N-dealkylation sites (tertiary alicyclic amines) is 1. The van der Waals surface area contributed by atoms with Crippen molar-refractivity contribution >= 4 is 12.1 Å². The molecule has 3 aliphatic rings. The summed E-state index contributed by atoms with van der Waals surface area (Å²) in [5, 5.41) is 13.7. The minimum Gasteiger partial charge on any atom is -0.444 e. The van der Waals surface area contributed by atoms with E-state index < -0.39 is 11.2 Å². The Labute approximate surface area is 175 Å². The number of aliphatic imine (C=N–C) groups is 1. The summed E-state index contributed by atoms with van der Waals surface area (Å²) in [5.41, 5.74) is -1.07. The summed E-state index contributed by atoms with van der Waals surface area (Å²) in [6, 6.07) is 0.223. The normalized spacial score (nSPS) is 22.8. The monoisotopic (exact) mass is 408 g/mol. The fourth-order valence-electron chi connectivity index (χ4n) is 4.05. The lowest BCUT2D eigenvalue weighted by Crippen LogP contribution is -2.53. The first-order valence-electron chi connectivity index (χ1n) is 11.4. The van der Waals surface area contributed by atoms with Crippen molar-refractivity contribution in [3.8, 4) is 0 Å². The van der Waals surface area contributed by atoms with Crippen LogP contribution in [0.2, 0.25) is 0 Å². The first-order valence-corrected chi connectivity index (χ1v) is 11.4. The van der Waals surface area contributed by atoms with Crippen LogP contribution >= 0.6 is 0 Å². The first kappa shape index (κ1) is 22.2. The van der Waals surface area contributed by atoms with Gasteiger partial charge in [-0.05, 0) is 78.6 Å². The molecule has 1 amide bonds. The average molecular weight is 409 g/mol. The Kier molecular flexibility index (Phi) is 6.97. The van der Waals surface area contributed by atoms with Crippen LogP contribution in [-0.4, -0.2) is 76.9 Å². The Hall–Kier alpha value is -1.50. The molecule has 1 saturated heterocycles. The van der Waals surface area contributed by atoms with Crippen molar-refractivity contribution in [1.29, 1.82) is 0 Å². The van der Waals surface area contributed by atoms with E-state index in [1.807, 2.05) is 25.7 Å². The molecule has 0 aromatic heterocycles. The largest absolute Gasteiger partial charge is 0.444 e. The van der Waals surface area contributed by atoms with Gasteiger partial charge in [0.2, 0.25) is 0 Å². The quantitative estimate of drug-likeness (QED) is 0.522. The standard InChI is InChI=1S/C22H40N4O3/c1-5-23-19(24-16-22(28)11-6-12-22)25-13-9-18(10-14-25)26(15-17-7-8-17)20(27)29-21(2,3)4/h17-18,28H,5-16H2,1-4H3,(H,23,24). The second-order valence-corrected chi connectivity index (χ2v) is 10.0. The van der Waals surface area contributed by atoms with E-state index in [1.165, 1.54) is 12.8 Å². The van der Waals surface area contributed by atoms with E-state index in [4.69, 9.17) is 9.73 Å². The molecule has 7 heteroatoms. The molecule has 0 radical (unpaired) electrons. The molecule has 2 N–H and O–H groups in total. The highest BCUT2D eigenvalue weighted by Crippen LogP contribution is 2.33. The van der Waals surface area contributed by atoms with Gasteiger partial charge in [0.25, 0.3) is 0 Å². The fourth-order valence-corrected chi connectivity index (χ4v) is 4.05. The Morgan fingerprint density at radius 1 is 1.24 bits per heavy atom. The number of hydrogen-bond donors (Lipinski definition) is 2. The molecule has 0 spiro atoms. The van der Waals surface area contributed by atoms with Gasteiger partial charge >= 0.3 is 6.09 Å². The summed E-state index contributed by atoms with van der Waals surface area (Å²) in [4.78, 5) is 21.8. The summed E-state index contributed by atoms with van der Waals surface area (Å²) in [7, 11) is 0. The fraction of sp³-hybridized carbons (Fsp3) is 0.909. The van der Waals surface area contributed by atoms with Crippen LogP contribution in [0.4, 0.5) is 4.79 Å². The number of ether oxygens (including phenoxy) is 1. The summed E-state index contributed by atoms with van der Waals surface area (Å²) >= 11 is 0. The van der Waals surface area contributed by atoms with Crippen LogP contribution in [0.25, 0.3) is 0 Å². The van der Waals surface area contributed by atoms with Crippen LogP contribution in [0.3, 0.4) is 0 Å². The molecule has 2 aliphatic carbocycles. The van der Waals surface area contributed by atoms with Crippen LogP contribution in [0, 0.1) is 5.92 Å². The maximum Gasteiger partial charge on any atom is 0.410 e. The molecule has 1 heterocycles. The molecular weight excluding hydrogens is 368 g/mol. The molecular formula is C22H40N4O3. The van der Waals surface area contributed by atoms with E-state index in [0.29, 0.717) is 12.5 Å². The van der Waals surface area contributed by atoms with Gasteiger partial charge in [0.15, 0.2) is 5.96 Å². The maximum absolute atomic E-state index is 12.8. The second kappa shape index (κ2) is 9.11. The van der Waals surface area contributed by atoms with Gasteiger partial charge < -0.3 is 25.0 Å². The van der Waals surface area contributed by atoms with Crippen molar-refractivity contribution in [3.05, 3.63) is 0 Å². The van der Waals surface area contributed by atoms with Crippen LogP contribution in [0.15, 0.2) is 4.99 Å². The van der Waals surface area contributed by atoms with Gasteiger partial charge in [0.1, 0.15) is 5.60 Å². The predicted octanol–water partition coefficient (Wildman–Crippen LogP) is 2.98. The van der Waals surface area contributed by atoms with Crippen LogP contribution in [0.1, 0.15) is 72.6 Å². The number of nitrogens with one attached hydrogen (secondary N) is 1. The van der Waals surface area contributed by atoms with E-state index in [2.05, 4.69) is 17.1 Å². The molecule has 29 heavy (non-hydrogen) atoms. The highest BCUT2D eigenvalue weighted by molar-refractivity contribution is 5.80. The Morgan fingerprint density at radius 2 is 1.90 bits per heavy atom. The zero-order valence-corrected chi connectivity index (χ0v) is 18.7. The molecule has 0 bridgehead atoms. The van der Waals surface area contributed by atoms with Crippen LogP contribution in [0.5, 0.6) is 0 Å². The van der Waals surface area contributed by atoms with Gasteiger partial charge in [-0.2, -0.15) is 0 Å². The average Bonchev–Trinajstić information content (AvgIpc) is 3.44. The zero-order valence-electron chi connectivity index (χ0n) is 18.7. The number of guanidine groups is 1. The highest BCUT2D eigenvalue weighted by Gasteiger charge is 2.37. The van der Waals surface area contributed by atoms with Crippen molar-refractivity contribution in [2.75, 3.05) is 32.7 Å². The molecule has 7 nitrogen and oxygen atoms in total. The molecule has 0 atom stereocenters. The number of piperidine rings is 1. The minimum atomic E-state index is -0.600. The third-order valence-electron chi connectivity index (χ3n) is 6.13. The number of carbonyl (C=O) groups excluding carboxylic acids is 1. The third-order valence-corrected chi connectivity index (χ3v) is 6.13. The minimum absolute atomic E-state index is 0.171. The maximum atomic E-state index is 12.8. The summed E-state index contributed by atoms with van der Waals surface area (Å²) in [5.74, 6) is 1.53. The van der Waals surface area contributed by atoms with Crippen molar-refractivity contribution < 1.29 is 14.6 Å². The van der Waals surface area contributed by atoms with E-state index in [9.17, 15) is 9.90 Å². The second-order valence-electron chi connectivity index (χ2n) is 10.0. The van der Waals surface area contributed by atoms with Gasteiger partial charge in [-0.1, -0.05) is 0 Å². The van der Waals surface area contributed by atoms with Gasteiger partial charge in [-0.3, -0.25) is 4.99 Å². The van der Waals surface area contributed by atoms with Crippen molar-refractivity contribution in [2.45, 2.75) is 89.9 Å². The molecule has 1 aliphatic heterocycles. The lowest BCUT2D eigenvalue weighted by molar-refractivity contribution is -0.0239. The van der Waals surface area contributed by atoms with E-state index in [-0.39, 0.29) is 12.1 Å². The molecule has 166 valence electrons. The summed E-state index contributed by atoms with van der Waals surface area (Å²) in [6.45, 7) is 11.7. The Balaban J connectivity index is 1.58. The smallest absolute Gasteiger partial charge is 0.410 e. The van der Waals surface area contributed by atoms with E-state index >= 15 is 0 Å². The number of rotatable bonds is 6. The molecule has 0 aromatic rings. The number of aliphatic hydroxyl groups is 1. The Morgan fingerprint density at radius 3 is 2.38 bits per heavy atom. The van der Waals surface area contributed by atoms with Crippen LogP contribution in [-0.2, 0) is 4.74 Å². The number of amides is 1. The summed E-state index contributed by atoms with van der Waals surface area (Å²) in [6.07, 6.45) is 6.90. The SMILES string of the molecule is CCNC(=NCC1(O)CCC1)N1CCC(N(CC2CC2)C(=O)OC(C)(C)C)CC1. The van der Waals surface area contributed by atoms with Gasteiger partial charge in [-0.25, -0.2) is 4.79 Å². The predicted molar refractivity (Wildman–Crippen MR) is 115 cm³/mol. The first-order chi connectivity index (χ1) is 13.7. The van der Waals surface area contributed by atoms with E-state index in [1.54, 1.807) is 0 Å². The van der Waals surface area contributed by atoms with Gasteiger partial charge in [0, 0.05) is 32.2 Å².